The summed E-state index contributed by atoms with van der Waals surface area (Å²) in [7, 11) is 1.63. The number of hydrogen-bond acceptors (Lipinski definition) is 5. The van der Waals surface area contributed by atoms with Gasteiger partial charge >= 0.3 is 0 Å². The van der Waals surface area contributed by atoms with E-state index in [1.807, 2.05) is 24.3 Å². The van der Waals surface area contributed by atoms with Gasteiger partial charge in [0.15, 0.2) is 0 Å². The number of amides is 1. The van der Waals surface area contributed by atoms with E-state index in [0.717, 1.165) is 16.8 Å². The van der Waals surface area contributed by atoms with Gasteiger partial charge in [0.05, 0.1) is 30.8 Å². The largest absolute Gasteiger partial charge is 0.475 e. The van der Waals surface area contributed by atoms with Crippen molar-refractivity contribution in [2.24, 2.45) is 4.99 Å². The molecule has 1 aromatic carbocycles. The third kappa shape index (κ3) is 5.14. The zero-order chi connectivity index (χ0) is 19.1. The number of fused-ring (bicyclic) bond motifs is 1. The molecule has 0 spiro atoms. The SMILES string of the molecule is COCCOC1=NCc2cc(CC(=O)NC[C@@H](C)c3ccccc3)ncc21. The molecule has 0 fully saturated rings. The van der Waals surface area contributed by atoms with Crippen LogP contribution in [0.15, 0.2) is 47.6 Å². The number of hydrogen-bond donors (Lipinski definition) is 1. The summed E-state index contributed by atoms with van der Waals surface area (Å²) in [4.78, 5) is 21.1. The number of aliphatic imine (C=N–C) groups is 1. The minimum Gasteiger partial charge on any atom is -0.475 e. The summed E-state index contributed by atoms with van der Waals surface area (Å²) >= 11 is 0. The van der Waals surface area contributed by atoms with Crippen LogP contribution in [0.5, 0.6) is 0 Å². The van der Waals surface area contributed by atoms with E-state index in [4.69, 9.17) is 9.47 Å². The van der Waals surface area contributed by atoms with E-state index < -0.39 is 0 Å². The number of ether oxygens (including phenoxy) is 2. The second-order valence-corrected chi connectivity index (χ2v) is 6.59. The summed E-state index contributed by atoms with van der Waals surface area (Å²) < 4.78 is 10.6. The quantitative estimate of drug-likeness (QED) is 0.728. The van der Waals surface area contributed by atoms with E-state index >= 15 is 0 Å². The molecule has 0 radical (unpaired) electrons. The van der Waals surface area contributed by atoms with Gasteiger partial charge < -0.3 is 14.8 Å². The van der Waals surface area contributed by atoms with Crippen LogP contribution in [0.3, 0.4) is 0 Å². The first-order valence-corrected chi connectivity index (χ1v) is 9.13. The minimum atomic E-state index is -0.0271. The van der Waals surface area contributed by atoms with Gasteiger partial charge in [-0.2, -0.15) is 0 Å². The highest BCUT2D eigenvalue weighted by Gasteiger charge is 2.19. The van der Waals surface area contributed by atoms with Crippen molar-refractivity contribution in [3.8, 4) is 0 Å². The first-order valence-electron chi connectivity index (χ1n) is 9.13. The Labute approximate surface area is 159 Å². The van der Waals surface area contributed by atoms with Gasteiger partial charge in [0.2, 0.25) is 11.8 Å². The third-order valence-electron chi connectivity index (χ3n) is 4.51. The number of pyridine rings is 1. The lowest BCUT2D eigenvalue weighted by Gasteiger charge is -2.13. The summed E-state index contributed by atoms with van der Waals surface area (Å²) in [5.41, 5.74) is 3.89. The molecule has 3 rings (SSSR count). The van der Waals surface area contributed by atoms with Crippen molar-refractivity contribution in [1.29, 1.82) is 0 Å². The molecule has 0 bridgehead atoms. The highest BCUT2D eigenvalue weighted by atomic mass is 16.5. The minimum absolute atomic E-state index is 0.0271. The Morgan fingerprint density at radius 2 is 2.07 bits per heavy atom. The van der Waals surface area contributed by atoms with E-state index in [1.54, 1.807) is 13.3 Å². The predicted octanol–water partition coefficient (Wildman–Crippen LogP) is 2.47. The molecular weight excluding hydrogens is 342 g/mol. The van der Waals surface area contributed by atoms with Gasteiger partial charge in [0.1, 0.15) is 6.61 Å². The second kappa shape index (κ2) is 9.28. The highest BCUT2D eigenvalue weighted by Crippen LogP contribution is 2.20. The van der Waals surface area contributed by atoms with Gasteiger partial charge in [-0.05, 0) is 23.1 Å². The average Bonchev–Trinajstić information content (AvgIpc) is 3.09. The van der Waals surface area contributed by atoms with E-state index in [0.29, 0.717) is 32.2 Å². The van der Waals surface area contributed by atoms with Gasteiger partial charge in [-0.3, -0.25) is 9.78 Å². The Balaban J connectivity index is 1.51. The fourth-order valence-corrected chi connectivity index (χ4v) is 2.95. The maximum Gasteiger partial charge on any atom is 0.226 e. The van der Waals surface area contributed by atoms with E-state index in [2.05, 4.69) is 34.3 Å². The summed E-state index contributed by atoms with van der Waals surface area (Å²) in [6, 6.07) is 12.1. The van der Waals surface area contributed by atoms with Gasteiger partial charge in [-0.1, -0.05) is 37.3 Å². The first-order chi connectivity index (χ1) is 13.2. The second-order valence-electron chi connectivity index (χ2n) is 6.59. The molecule has 0 saturated heterocycles. The summed E-state index contributed by atoms with van der Waals surface area (Å²) in [6.07, 6.45) is 2.00. The normalized spacial score (nSPS) is 13.6. The van der Waals surface area contributed by atoms with Crippen LogP contribution in [-0.4, -0.2) is 43.7 Å². The lowest BCUT2D eigenvalue weighted by Crippen LogP contribution is -2.29. The predicted molar refractivity (Wildman–Crippen MR) is 104 cm³/mol. The average molecular weight is 367 g/mol. The third-order valence-corrected chi connectivity index (χ3v) is 4.51. The van der Waals surface area contributed by atoms with Crippen molar-refractivity contribution in [1.82, 2.24) is 10.3 Å². The Morgan fingerprint density at radius 1 is 1.26 bits per heavy atom. The zero-order valence-corrected chi connectivity index (χ0v) is 15.8. The molecule has 6 nitrogen and oxygen atoms in total. The smallest absolute Gasteiger partial charge is 0.226 e. The molecule has 1 aliphatic rings. The maximum atomic E-state index is 12.3. The van der Waals surface area contributed by atoms with Gasteiger partial charge in [-0.15, -0.1) is 0 Å². The van der Waals surface area contributed by atoms with Gasteiger partial charge in [-0.25, -0.2) is 4.99 Å². The lowest BCUT2D eigenvalue weighted by atomic mass is 10.0. The van der Waals surface area contributed by atoms with E-state index in [-0.39, 0.29) is 18.2 Å². The number of nitrogens with one attached hydrogen (secondary N) is 1. The number of benzene rings is 1. The summed E-state index contributed by atoms with van der Waals surface area (Å²) in [5.74, 6) is 0.839. The summed E-state index contributed by atoms with van der Waals surface area (Å²) in [6.45, 7) is 4.24. The molecule has 2 heterocycles. The van der Waals surface area contributed by atoms with Crippen molar-refractivity contribution in [3.63, 3.8) is 0 Å². The van der Waals surface area contributed by atoms with Crippen molar-refractivity contribution in [3.05, 3.63) is 65.0 Å². The van der Waals surface area contributed by atoms with Gasteiger partial charge in [0, 0.05) is 19.9 Å². The molecular formula is C21H25N3O3. The van der Waals surface area contributed by atoms with E-state index in [9.17, 15) is 4.79 Å². The number of rotatable bonds is 8. The van der Waals surface area contributed by atoms with Crippen molar-refractivity contribution in [2.75, 3.05) is 26.9 Å². The molecule has 0 aliphatic carbocycles. The van der Waals surface area contributed by atoms with Crippen LogP contribution in [0.1, 0.15) is 35.2 Å². The Morgan fingerprint density at radius 3 is 2.85 bits per heavy atom. The van der Waals surface area contributed by atoms with Crippen LogP contribution in [0.4, 0.5) is 0 Å². The van der Waals surface area contributed by atoms with Crippen LogP contribution >= 0.6 is 0 Å². The molecule has 1 aromatic heterocycles. The molecule has 142 valence electrons. The van der Waals surface area contributed by atoms with Crippen LogP contribution in [0, 0.1) is 0 Å². The fourth-order valence-electron chi connectivity index (χ4n) is 2.95. The molecule has 1 aliphatic heterocycles. The highest BCUT2D eigenvalue weighted by molar-refractivity contribution is 5.97. The van der Waals surface area contributed by atoms with Crippen LogP contribution in [0.25, 0.3) is 0 Å². The van der Waals surface area contributed by atoms with Crippen molar-refractivity contribution >= 4 is 11.8 Å². The number of carbonyl (C=O) groups excluding carboxylic acids is 1. The fraction of sp³-hybridized carbons (Fsp3) is 0.381. The lowest BCUT2D eigenvalue weighted by molar-refractivity contribution is -0.120. The standard InChI is InChI=1S/C21H25N3O3/c1-15(16-6-4-3-5-7-16)12-23-20(25)11-18-10-17-13-24-21(19(17)14-22-18)27-9-8-26-2/h3-7,10,14-15H,8-9,11-13H2,1-2H3,(H,23,25)/t15-/m1/s1. The molecule has 27 heavy (non-hydrogen) atoms. The molecule has 1 N–H and O–H groups in total. The Kier molecular flexibility index (Phi) is 6.54. The number of methoxy groups -OCH3 is 1. The van der Waals surface area contributed by atoms with E-state index in [1.165, 1.54) is 5.56 Å². The van der Waals surface area contributed by atoms with Crippen LogP contribution in [-0.2, 0) is 27.2 Å². The molecule has 6 heteroatoms. The maximum absolute atomic E-state index is 12.3. The number of carbonyl (C=O) groups is 1. The van der Waals surface area contributed by atoms with Crippen LogP contribution in [0.2, 0.25) is 0 Å². The Bertz CT molecular complexity index is 806. The topological polar surface area (TPSA) is 72.8 Å². The Hall–Kier alpha value is -2.73. The van der Waals surface area contributed by atoms with Crippen molar-refractivity contribution in [2.45, 2.75) is 25.8 Å². The number of nitrogens with zero attached hydrogens (tertiary/aromatic N) is 2. The van der Waals surface area contributed by atoms with Crippen molar-refractivity contribution < 1.29 is 14.3 Å². The monoisotopic (exact) mass is 367 g/mol. The summed E-state index contributed by atoms with van der Waals surface area (Å²) in [5, 5.41) is 2.99. The number of aromatic nitrogens is 1. The van der Waals surface area contributed by atoms with Crippen LogP contribution < -0.4 is 5.32 Å². The zero-order valence-electron chi connectivity index (χ0n) is 15.8. The molecule has 2 aromatic rings. The first kappa shape index (κ1) is 19.0. The molecule has 1 atom stereocenters. The molecule has 0 unspecified atom stereocenters. The molecule has 0 saturated carbocycles. The van der Waals surface area contributed by atoms with Gasteiger partial charge in [0.25, 0.3) is 0 Å². The molecule has 1 amide bonds.